The van der Waals surface area contributed by atoms with Crippen molar-refractivity contribution in [1.82, 2.24) is 19.9 Å². The van der Waals surface area contributed by atoms with Crippen molar-refractivity contribution in [2.24, 2.45) is 0 Å². The summed E-state index contributed by atoms with van der Waals surface area (Å²) < 4.78 is 11.1. The molecular weight excluding hydrogens is 368 g/mol. The number of pyridine rings is 1. The summed E-state index contributed by atoms with van der Waals surface area (Å²) in [7, 11) is 1.64. The molecule has 150 valence electrons. The van der Waals surface area contributed by atoms with Crippen LogP contribution in [0.2, 0.25) is 0 Å². The molecule has 0 bridgehead atoms. The Labute approximate surface area is 169 Å². The second kappa shape index (κ2) is 8.45. The fourth-order valence-corrected chi connectivity index (χ4v) is 3.61. The first kappa shape index (κ1) is 19.1. The van der Waals surface area contributed by atoms with E-state index in [-0.39, 0.29) is 5.56 Å². The van der Waals surface area contributed by atoms with Gasteiger partial charge in [-0.25, -0.2) is 4.98 Å². The van der Waals surface area contributed by atoms with Gasteiger partial charge in [-0.15, -0.1) is 0 Å². The Bertz CT molecular complexity index is 1050. The van der Waals surface area contributed by atoms with E-state index >= 15 is 0 Å². The maximum Gasteiger partial charge on any atom is 0.254 e. The minimum atomic E-state index is -0.0587. The monoisotopic (exact) mass is 392 g/mol. The van der Waals surface area contributed by atoms with Crippen LogP contribution >= 0.6 is 0 Å². The first-order chi connectivity index (χ1) is 14.2. The Morgan fingerprint density at radius 3 is 2.90 bits per heavy atom. The average molecular weight is 392 g/mol. The molecule has 7 heteroatoms. The number of methoxy groups -OCH3 is 1. The van der Waals surface area contributed by atoms with Crippen LogP contribution in [0.4, 0.5) is 0 Å². The van der Waals surface area contributed by atoms with Crippen molar-refractivity contribution in [3.05, 3.63) is 69.9 Å². The van der Waals surface area contributed by atoms with Crippen molar-refractivity contribution in [2.75, 3.05) is 20.3 Å². The summed E-state index contributed by atoms with van der Waals surface area (Å²) in [6.07, 6.45) is 4.09. The van der Waals surface area contributed by atoms with Crippen molar-refractivity contribution in [3.63, 3.8) is 0 Å². The standard InChI is InChI=1S/C22H24N4O3/c1-3-29-20-11-15(6-7-19(20)28-2)13-26-10-8-17-18(14-26)24-21(25-22(17)27)16-5-4-9-23-12-16/h4-7,9,11-12H,3,8,10,13-14H2,1-2H3,(H,24,25,27). The highest BCUT2D eigenvalue weighted by Crippen LogP contribution is 2.29. The van der Waals surface area contributed by atoms with Gasteiger partial charge in [0, 0.05) is 43.2 Å². The predicted molar refractivity (Wildman–Crippen MR) is 110 cm³/mol. The zero-order chi connectivity index (χ0) is 20.2. The quantitative estimate of drug-likeness (QED) is 0.695. The van der Waals surface area contributed by atoms with E-state index in [0.29, 0.717) is 25.4 Å². The summed E-state index contributed by atoms with van der Waals surface area (Å²) in [5, 5.41) is 0. The van der Waals surface area contributed by atoms with Crippen molar-refractivity contribution in [2.45, 2.75) is 26.4 Å². The van der Waals surface area contributed by atoms with Crippen LogP contribution in [0.3, 0.4) is 0 Å². The third kappa shape index (κ3) is 4.14. The van der Waals surface area contributed by atoms with Gasteiger partial charge in [0.05, 0.1) is 19.4 Å². The molecule has 0 fully saturated rings. The fourth-order valence-electron chi connectivity index (χ4n) is 3.61. The molecule has 0 atom stereocenters. The normalized spacial score (nSPS) is 13.7. The first-order valence-corrected chi connectivity index (χ1v) is 9.72. The number of fused-ring (bicyclic) bond motifs is 1. The van der Waals surface area contributed by atoms with Gasteiger partial charge in [0.2, 0.25) is 0 Å². The second-order valence-electron chi connectivity index (χ2n) is 6.96. The van der Waals surface area contributed by atoms with Gasteiger partial charge in [0.1, 0.15) is 5.82 Å². The van der Waals surface area contributed by atoms with E-state index in [2.05, 4.69) is 14.9 Å². The van der Waals surface area contributed by atoms with Crippen molar-refractivity contribution < 1.29 is 9.47 Å². The number of ether oxygens (including phenoxy) is 2. The van der Waals surface area contributed by atoms with Gasteiger partial charge >= 0.3 is 0 Å². The van der Waals surface area contributed by atoms with E-state index in [0.717, 1.165) is 47.0 Å². The van der Waals surface area contributed by atoms with E-state index < -0.39 is 0 Å². The summed E-state index contributed by atoms with van der Waals surface area (Å²) in [6.45, 7) is 4.72. The lowest BCUT2D eigenvalue weighted by atomic mass is 10.0. The Hall–Kier alpha value is -3.19. The van der Waals surface area contributed by atoms with Crippen LogP contribution in [-0.2, 0) is 19.5 Å². The third-order valence-corrected chi connectivity index (χ3v) is 5.02. The molecule has 29 heavy (non-hydrogen) atoms. The largest absolute Gasteiger partial charge is 0.493 e. The van der Waals surface area contributed by atoms with Crippen LogP contribution in [0.15, 0.2) is 47.5 Å². The Morgan fingerprint density at radius 1 is 1.24 bits per heavy atom. The third-order valence-electron chi connectivity index (χ3n) is 5.02. The molecule has 4 rings (SSSR count). The van der Waals surface area contributed by atoms with E-state index in [1.807, 2.05) is 37.3 Å². The predicted octanol–water partition coefficient (Wildman–Crippen LogP) is 2.80. The molecule has 0 amide bonds. The van der Waals surface area contributed by atoms with Crippen LogP contribution in [0.5, 0.6) is 11.5 Å². The summed E-state index contributed by atoms with van der Waals surface area (Å²) >= 11 is 0. The number of hydrogen-bond acceptors (Lipinski definition) is 6. The van der Waals surface area contributed by atoms with Crippen molar-refractivity contribution in [1.29, 1.82) is 0 Å². The molecule has 1 aliphatic heterocycles. The van der Waals surface area contributed by atoms with Gasteiger partial charge in [-0.1, -0.05) is 6.07 Å². The van der Waals surface area contributed by atoms with Crippen LogP contribution in [0.1, 0.15) is 23.7 Å². The molecule has 0 spiro atoms. The zero-order valence-electron chi connectivity index (χ0n) is 16.6. The number of benzene rings is 1. The highest BCUT2D eigenvalue weighted by atomic mass is 16.5. The minimum absolute atomic E-state index is 0.0587. The number of aromatic amines is 1. The molecule has 2 aromatic heterocycles. The topological polar surface area (TPSA) is 80.3 Å². The Kier molecular flexibility index (Phi) is 5.57. The SMILES string of the molecule is CCOc1cc(CN2CCc3c(nc(-c4cccnc4)[nH]c3=O)C2)ccc1OC. The molecule has 1 aromatic carbocycles. The maximum atomic E-state index is 12.5. The molecule has 3 heterocycles. The molecule has 0 saturated carbocycles. The fraction of sp³-hybridized carbons (Fsp3) is 0.318. The number of hydrogen-bond donors (Lipinski definition) is 1. The highest BCUT2D eigenvalue weighted by Gasteiger charge is 2.22. The zero-order valence-corrected chi connectivity index (χ0v) is 16.6. The molecule has 1 N–H and O–H groups in total. The van der Waals surface area contributed by atoms with Gasteiger partial charge in [0.15, 0.2) is 11.5 Å². The average Bonchev–Trinajstić information content (AvgIpc) is 2.74. The van der Waals surface area contributed by atoms with Gasteiger partial charge in [-0.3, -0.25) is 14.7 Å². The smallest absolute Gasteiger partial charge is 0.254 e. The summed E-state index contributed by atoms with van der Waals surface area (Å²) in [5.74, 6) is 2.04. The van der Waals surface area contributed by atoms with Crippen LogP contribution < -0.4 is 15.0 Å². The molecule has 0 radical (unpaired) electrons. The van der Waals surface area contributed by atoms with Crippen LogP contribution in [0.25, 0.3) is 11.4 Å². The molecule has 7 nitrogen and oxygen atoms in total. The lowest BCUT2D eigenvalue weighted by Gasteiger charge is -2.28. The van der Waals surface area contributed by atoms with E-state index in [4.69, 9.17) is 14.5 Å². The Morgan fingerprint density at radius 2 is 2.14 bits per heavy atom. The molecule has 0 aliphatic carbocycles. The van der Waals surface area contributed by atoms with E-state index in [9.17, 15) is 4.79 Å². The lowest BCUT2D eigenvalue weighted by Crippen LogP contribution is -2.35. The molecular formula is C22H24N4O3. The Balaban J connectivity index is 1.56. The molecule has 0 unspecified atom stereocenters. The maximum absolute atomic E-state index is 12.5. The molecule has 3 aromatic rings. The van der Waals surface area contributed by atoms with E-state index in [1.54, 1.807) is 19.5 Å². The van der Waals surface area contributed by atoms with E-state index in [1.165, 1.54) is 0 Å². The number of rotatable bonds is 6. The second-order valence-corrected chi connectivity index (χ2v) is 6.96. The van der Waals surface area contributed by atoms with Gasteiger partial charge < -0.3 is 14.5 Å². The van der Waals surface area contributed by atoms with Crippen molar-refractivity contribution in [3.8, 4) is 22.9 Å². The summed E-state index contributed by atoms with van der Waals surface area (Å²) in [4.78, 5) is 26.6. The van der Waals surface area contributed by atoms with Gasteiger partial charge in [0.25, 0.3) is 5.56 Å². The number of nitrogens with zero attached hydrogens (tertiary/aromatic N) is 3. The molecule has 0 saturated heterocycles. The first-order valence-electron chi connectivity index (χ1n) is 9.72. The van der Waals surface area contributed by atoms with Gasteiger partial charge in [-0.05, 0) is 43.2 Å². The number of aromatic nitrogens is 3. The number of nitrogens with one attached hydrogen (secondary N) is 1. The van der Waals surface area contributed by atoms with Crippen molar-refractivity contribution >= 4 is 0 Å². The van der Waals surface area contributed by atoms with Crippen LogP contribution in [-0.4, -0.2) is 40.1 Å². The summed E-state index contributed by atoms with van der Waals surface area (Å²) in [6, 6.07) is 9.72. The highest BCUT2D eigenvalue weighted by molar-refractivity contribution is 5.53. The number of H-pyrrole nitrogens is 1. The van der Waals surface area contributed by atoms with Crippen LogP contribution in [0, 0.1) is 0 Å². The minimum Gasteiger partial charge on any atom is -0.493 e. The molecule has 1 aliphatic rings. The van der Waals surface area contributed by atoms with Gasteiger partial charge in [-0.2, -0.15) is 0 Å². The summed E-state index contributed by atoms with van der Waals surface area (Å²) in [5.41, 5.74) is 3.49. The lowest BCUT2D eigenvalue weighted by molar-refractivity contribution is 0.239.